The molecule has 3 aromatic rings. The predicted molar refractivity (Wildman–Crippen MR) is 66.1 cm³/mol. The zero-order chi connectivity index (χ0) is 13.4. The number of pyridine rings is 2. The summed E-state index contributed by atoms with van der Waals surface area (Å²) in [7, 11) is 0. The Morgan fingerprint density at radius 1 is 1.37 bits per heavy atom. The molecule has 0 spiro atoms. The Kier molecular flexibility index (Phi) is 2.57. The largest absolute Gasteiger partial charge is 0.289 e. The summed E-state index contributed by atoms with van der Waals surface area (Å²) in [6.45, 7) is 0. The third-order valence-corrected chi connectivity index (χ3v) is 2.71. The Balaban J connectivity index is 2.19. The Morgan fingerprint density at radius 3 is 2.95 bits per heavy atom. The van der Waals surface area contributed by atoms with Gasteiger partial charge in [0, 0.05) is 12.3 Å². The highest BCUT2D eigenvalue weighted by Crippen LogP contribution is 2.24. The first kappa shape index (κ1) is 11.5. The van der Waals surface area contributed by atoms with Crippen LogP contribution in [0.4, 0.5) is 5.69 Å². The number of hydrogen-bond acceptors (Lipinski definition) is 6. The van der Waals surface area contributed by atoms with E-state index in [1.54, 1.807) is 18.3 Å². The normalized spacial score (nSPS) is 10.8. The van der Waals surface area contributed by atoms with Gasteiger partial charge in [0.2, 0.25) is 0 Å². The summed E-state index contributed by atoms with van der Waals surface area (Å²) in [5.74, 6) is 0.244. The minimum absolute atomic E-state index is 0.103. The van der Waals surface area contributed by atoms with E-state index in [-0.39, 0.29) is 16.5 Å². The van der Waals surface area contributed by atoms with Gasteiger partial charge in [0.1, 0.15) is 11.7 Å². The van der Waals surface area contributed by atoms with Crippen molar-refractivity contribution in [2.24, 2.45) is 0 Å². The summed E-state index contributed by atoms with van der Waals surface area (Å²) >= 11 is 5.98. The Bertz CT molecular complexity index is 787. The number of fused-ring (bicyclic) bond motifs is 1. The van der Waals surface area contributed by atoms with E-state index in [4.69, 9.17) is 11.6 Å². The first-order valence-electron chi connectivity index (χ1n) is 5.13. The van der Waals surface area contributed by atoms with Crippen LogP contribution >= 0.6 is 11.6 Å². The van der Waals surface area contributed by atoms with E-state index < -0.39 is 4.92 Å². The Morgan fingerprint density at radius 2 is 2.21 bits per heavy atom. The van der Waals surface area contributed by atoms with Gasteiger partial charge < -0.3 is 0 Å². The minimum atomic E-state index is -0.569. The number of halogens is 1. The van der Waals surface area contributed by atoms with Gasteiger partial charge in [-0.25, -0.2) is 9.97 Å². The average molecular weight is 277 g/mol. The van der Waals surface area contributed by atoms with Gasteiger partial charge >= 0.3 is 0 Å². The standard InChI is InChI=1S/C10H5ClN6O2/c11-7-4-6(17(18)19)5-13-9(7)16-10-8(14-15-16)2-1-3-12-10/h1-5H. The van der Waals surface area contributed by atoms with Crippen molar-refractivity contribution in [3.8, 4) is 5.82 Å². The van der Waals surface area contributed by atoms with Crippen molar-refractivity contribution in [2.45, 2.75) is 0 Å². The summed E-state index contributed by atoms with van der Waals surface area (Å²) in [5, 5.41) is 18.5. The van der Waals surface area contributed by atoms with Crippen molar-refractivity contribution >= 4 is 28.5 Å². The molecule has 0 aliphatic heterocycles. The highest BCUT2D eigenvalue weighted by Gasteiger charge is 2.15. The molecule has 3 heterocycles. The lowest BCUT2D eigenvalue weighted by Crippen LogP contribution is -2.02. The molecule has 0 amide bonds. The van der Waals surface area contributed by atoms with Crippen LogP contribution in [0.25, 0.3) is 17.0 Å². The molecule has 9 heteroatoms. The molecule has 0 saturated heterocycles. The summed E-state index contributed by atoms with van der Waals surface area (Å²) in [6.07, 6.45) is 2.69. The lowest BCUT2D eigenvalue weighted by Gasteiger charge is -2.02. The molecule has 0 aliphatic carbocycles. The fourth-order valence-electron chi connectivity index (χ4n) is 1.58. The molecule has 0 aromatic carbocycles. The predicted octanol–water partition coefficient (Wildman–Crippen LogP) is 1.77. The molecule has 0 fully saturated rings. The SMILES string of the molecule is O=[N+]([O-])c1cnc(-n2nnc3cccnc32)c(Cl)c1. The molecule has 0 bridgehead atoms. The molecule has 8 nitrogen and oxygen atoms in total. The average Bonchev–Trinajstić information content (AvgIpc) is 2.82. The van der Waals surface area contributed by atoms with Crippen molar-refractivity contribution in [3.63, 3.8) is 0 Å². The van der Waals surface area contributed by atoms with Crippen LogP contribution in [0.2, 0.25) is 5.02 Å². The van der Waals surface area contributed by atoms with Crippen LogP contribution in [-0.4, -0.2) is 29.9 Å². The van der Waals surface area contributed by atoms with Crippen LogP contribution in [0.5, 0.6) is 0 Å². The first-order valence-corrected chi connectivity index (χ1v) is 5.51. The van der Waals surface area contributed by atoms with Crippen LogP contribution in [0.1, 0.15) is 0 Å². The van der Waals surface area contributed by atoms with Gasteiger partial charge in [0.25, 0.3) is 5.69 Å². The van der Waals surface area contributed by atoms with E-state index in [0.717, 1.165) is 6.20 Å². The zero-order valence-electron chi connectivity index (χ0n) is 9.26. The van der Waals surface area contributed by atoms with Crippen LogP contribution in [0, 0.1) is 10.1 Å². The van der Waals surface area contributed by atoms with E-state index >= 15 is 0 Å². The van der Waals surface area contributed by atoms with E-state index in [1.165, 1.54) is 10.7 Å². The smallest absolute Gasteiger partial charge is 0.258 e. The second-order valence-corrected chi connectivity index (χ2v) is 4.01. The van der Waals surface area contributed by atoms with Crippen molar-refractivity contribution in [1.82, 2.24) is 25.0 Å². The topological polar surface area (TPSA) is 99.6 Å². The monoisotopic (exact) mass is 276 g/mol. The third-order valence-electron chi connectivity index (χ3n) is 2.43. The summed E-state index contributed by atoms with van der Waals surface area (Å²) in [5.41, 5.74) is 0.871. The van der Waals surface area contributed by atoms with Gasteiger partial charge in [0.15, 0.2) is 11.5 Å². The van der Waals surface area contributed by atoms with Crippen LogP contribution in [0.3, 0.4) is 0 Å². The van der Waals surface area contributed by atoms with E-state index in [1.807, 2.05) is 0 Å². The van der Waals surface area contributed by atoms with Crippen molar-refractivity contribution < 1.29 is 4.92 Å². The fraction of sp³-hybridized carbons (Fsp3) is 0. The van der Waals surface area contributed by atoms with Gasteiger partial charge in [0.05, 0.1) is 9.95 Å². The van der Waals surface area contributed by atoms with Gasteiger partial charge in [-0.2, -0.15) is 4.68 Å². The van der Waals surface area contributed by atoms with Crippen molar-refractivity contribution in [1.29, 1.82) is 0 Å². The molecule has 0 atom stereocenters. The quantitative estimate of drug-likeness (QED) is 0.522. The molecular weight excluding hydrogens is 272 g/mol. The Labute approximate surface area is 110 Å². The molecule has 0 aliphatic rings. The summed E-state index contributed by atoms with van der Waals surface area (Å²) < 4.78 is 1.33. The first-order chi connectivity index (χ1) is 9.16. The summed E-state index contributed by atoms with van der Waals surface area (Å²) in [4.78, 5) is 18.1. The molecule has 0 unspecified atom stereocenters. The van der Waals surface area contributed by atoms with Crippen molar-refractivity contribution in [2.75, 3.05) is 0 Å². The number of rotatable bonds is 2. The fourth-order valence-corrected chi connectivity index (χ4v) is 1.82. The van der Waals surface area contributed by atoms with E-state index in [9.17, 15) is 10.1 Å². The summed E-state index contributed by atoms with van der Waals surface area (Å²) in [6, 6.07) is 4.68. The van der Waals surface area contributed by atoms with Crippen LogP contribution in [-0.2, 0) is 0 Å². The van der Waals surface area contributed by atoms with E-state index in [0.29, 0.717) is 11.2 Å². The van der Waals surface area contributed by atoms with Crippen molar-refractivity contribution in [3.05, 3.63) is 45.7 Å². The maximum Gasteiger partial charge on any atom is 0.289 e. The maximum atomic E-state index is 10.6. The molecule has 3 rings (SSSR count). The van der Waals surface area contributed by atoms with Gasteiger partial charge in [-0.15, -0.1) is 5.10 Å². The minimum Gasteiger partial charge on any atom is -0.258 e. The van der Waals surface area contributed by atoms with E-state index in [2.05, 4.69) is 20.3 Å². The molecule has 0 radical (unpaired) electrons. The molecule has 94 valence electrons. The number of nitro groups is 1. The van der Waals surface area contributed by atoms with Gasteiger partial charge in [-0.05, 0) is 12.1 Å². The number of aromatic nitrogens is 5. The molecular formula is C10H5ClN6O2. The second kappa shape index (κ2) is 4.25. The molecule has 0 N–H and O–H groups in total. The number of nitrogens with zero attached hydrogens (tertiary/aromatic N) is 6. The lowest BCUT2D eigenvalue weighted by molar-refractivity contribution is -0.385. The number of hydrogen-bond donors (Lipinski definition) is 0. The second-order valence-electron chi connectivity index (χ2n) is 3.60. The third kappa shape index (κ3) is 1.87. The zero-order valence-corrected chi connectivity index (χ0v) is 10.0. The molecule has 19 heavy (non-hydrogen) atoms. The highest BCUT2D eigenvalue weighted by molar-refractivity contribution is 6.32. The molecule has 3 aromatic heterocycles. The van der Waals surface area contributed by atoms with Crippen LogP contribution < -0.4 is 0 Å². The molecule has 0 saturated carbocycles. The van der Waals surface area contributed by atoms with Crippen LogP contribution in [0.15, 0.2) is 30.6 Å². The van der Waals surface area contributed by atoms with Gasteiger partial charge in [-0.1, -0.05) is 16.8 Å². The highest BCUT2D eigenvalue weighted by atomic mass is 35.5. The lowest BCUT2D eigenvalue weighted by atomic mass is 10.4. The maximum absolute atomic E-state index is 10.6. The Hall–Kier alpha value is -2.61. The van der Waals surface area contributed by atoms with Gasteiger partial charge in [-0.3, -0.25) is 10.1 Å².